The van der Waals surface area contributed by atoms with Gasteiger partial charge in [0.2, 0.25) is 0 Å². The molecular weight excluding hydrogens is 152 g/mol. The van der Waals surface area contributed by atoms with Gasteiger partial charge < -0.3 is 5.11 Å². The Morgan fingerprint density at radius 2 is 1.92 bits per heavy atom. The van der Waals surface area contributed by atoms with Crippen LogP contribution < -0.4 is 0 Å². The lowest BCUT2D eigenvalue weighted by Crippen LogP contribution is -2.19. The second-order valence-electron chi connectivity index (χ2n) is 3.66. The van der Waals surface area contributed by atoms with Gasteiger partial charge in [0.25, 0.3) is 0 Å². The van der Waals surface area contributed by atoms with Crippen LogP contribution in [0.3, 0.4) is 0 Å². The molecule has 0 spiro atoms. The van der Waals surface area contributed by atoms with E-state index in [-0.39, 0.29) is 5.78 Å². The van der Waals surface area contributed by atoms with E-state index in [1.807, 2.05) is 0 Å². The fourth-order valence-corrected chi connectivity index (χ4v) is 1.12. The molecule has 12 heavy (non-hydrogen) atoms. The molecule has 0 fully saturated rings. The van der Waals surface area contributed by atoms with Gasteiger partial charge in [-0.2, -0.15) is 0 Å². The van der Waals surface area contributed by atoms with E-state index in [9.17, 15) is 9.90 Å². The molecule has 0 radical (unpaired) electrons. The van der Waals surface area contributed by atoms with Gasteiger partial charge in [0.05, 0.1) is 0 Å². The van der Waals surface area contributed by atoms with Gasteiger partial charge in [-0.1, -0.05) is 33.6 Å². The molecule has 1 atom stereocenters. The van der Waals surface area contributed by atoms with Crippen LogP contribution in [-0.4, -0.2) is 17.0 Å². The number of Topliss-reactive ketones (excluding diaryl/α,β-unsaturated/α-hetero) is 1. The minimum atomic E-state index is -0.714. The van der Waals surface area contributed by atoms with E-state index in [1.54, 1.807) is 6.92 Å². The molecule has 2 heteroatoms. The molecule has 0 aromatic rings. The van der Waals surface area contributed by atoms with E-state index in [2.05, 4.69) is 13.8 Å². The lowest BCUT2D eigenvalue weighted by molar-refractivity contribution is -0.127. The molecule has 0 aliphatic heterocycles. The maximum atomic E-state index is 10.9. The van der Waals surface area contributed by atoms with Gasteiger partial charge in [0, 0.05) is 6.42 Å². The van der Waals surface area contributed by atoms with Crippen LogP contribution in [0.25, 0.3) is 0 Å². The Labute approximate surface area is 75.0 Å². The quantitative estimate of drug-likeness (QED) is 0.666. The maximum Gasteiger partial charge on any atom is 0.160 e. The Hall–Kier alpha value is -0.370. The van der Waals surface area contributed by atoms with Crippen LogP contribution in [0.15, 0.2) is 0 Å². The highest BCUT2D eigenvalue weighted by atomic mass is 16.3. The zero-order valence-corrected chi connectivity index (χ0v) is 8.34. The first kappa shape index (κ1) is 11.6. The number of hydrogen-bond acceptors (Lipinski definition) is 2. The first-order valence-corrected chi connectivity index (χ1v) is 4.78. The van der Waals surface area contributed by atoms with Crippen molar-refractivity contribution in [1.29, 1.82) is 0 Å². The molecule has 0 aromatic heterocycles. The molecule has 0 rings (SSSR count). The summed E-state index contributed by atoms with van der Waals surface area (Å²) in [4.78, 5) is 10.9. The Morgan fingerprint density at radius 3 is 2.33 bits per heavy atom. The fraction of sp³-hybridized carbons (Fsp3) is 0.900. The summed E-state index contributed by atoms with van der Waals surface area (Å²) in [6.07, 6.45) is 2.40. The van der Waals surface area contributed by atoms with Crippen molar-refractivity contribution in [2.45, 2.75) is 52.6 Å². The predicted molar refractivity (Wildman–Crippen MR) is 50.0 cm³/mol. The summed E-state index contributed by atoms with van der Waals surface area (Å²) in [7, 11) is 0. The minimum absolute atomic E-state index is 0.0289. The monoisotopic (exact) mass is 172 g/mol. The molecule has 0 unspecified atom stereocenters. The van der Waals surface area contributed by atoms with Crippen LogP contribution in [0.4, 0.5) is 0 Å². The summed E-state index contributed by atoms with van der Waals surface area (Å²) < 4.78 is 0. The van der Waals surface area contributed by atoms with Crippen molar-refractivity contribution in [3.8, 4) is 0 Å². The van der Waals surface area contributed by atoms with Crippen LogP contribution in [-0.2, 0) is 4.79 Å². The van der Waals surface area contributed by atoms with Crippen LogP contribution in [0.5, 0.6) is 0 Å². The zero-order valence-electron chi connectivity index (χ0n) is 8.34. The van der Waals surface area contributed by atoms with Crippen LogP contribution in [0, 0.1) is 5.92 Å². The molecule has 0 amide bonds. The molecule has 0 saturated carbocycles. The average Bonchev–Trinajstić information content (AvgIpc) is 2.02. The van der Waals surface area contributed by atoms with Crippen LogP contribution in [0.1, 0.15) is 46.5 Å². The number of carbonyl (C=O) groups excluding carboxylic acids is 1. The first-order chi connectivity index (χ1) is 5.57. The number of aliphatic hydroxyl groups is 1. The van der Waals surface area contributed by atoms with Gasteiger partial charge >= 0.3 is 0 Å². The second kappa shape index (κ2) is 6.18. The molecule has 0 saturated heterocycles. The lowest BCUT2D eigenvalue weighted by atomic mass is 10.0. The zero-order chi connectivity index (χ0) is 9.56. The molecule has 0 heterocycles. The molecule has 2 nitrogen and oxygen atoms in total. The molecule has 72 valence electrons. The highest BCUT2D eigenvalue weighted by Gasteiger charge is 2.11. The molecule has 0 aromatic carbocycles. The van der Waals surface area contributed by atoms with E-state index in [0.29, 0.717) is 18.8 Å². The summed E-state index contributed by atoms with van der Waals surface area (Å²) in [5.74, 6) is 0.632. The van der Waals surface area contributed by atoms with Crippen molar-refractivity contribution in [3.63, 3.8) is 0 Å². The topological polar surface area (TPSA) is 37.3 Å². The smallest absolute Gasteiger partial charge is 0.160 e. The van der Waals surface area contributed by atoms with Gasteiger partial charge in [-0.15, -0.1) is 0 Å². The number of rotatable bonds is 6. The Morgan fingerprint density at radius 1 is 1.33 bits per heavy atom. The van der Waals surface area contributed by atoms with E-state index < -0.39 is 6.10 Å². The SMILES string of the molecule is CCC(=O)[C@@H](O)CCCC(C)C. The number of hydrogen-bond donors (Lipinski definition) is 1. The summed E-state index contributed by atoms with van der Waals surface area (Å²) in [5, 5.41) is 9.28. The van der Waals surface area contributed by atoms with Crippen molar-refractivity contribution in [2.24, 2.45) is 5.92 Å². The van der Waals surface area contributed by atoms with Gasteiger partial charge in [-0.3, -0.25) is 4.79 Å². The van der Waals surface area contributed by atoms with Gasteiger partial charge in [0.1, 0.15) is 6.10 Å². The normalized spacial score (nSPS) is 13.4. The fourth-order valence-electron chi connectivity index (χ4n) is 1.12. The lowest BCUT2D eigenvalue weighted by Gasteiger charge is -2.08. The Kier molecular flexibility index (Phi) is 5.99. The summed E-state index contributed by atoms with van der Waals surface area (Å²) in [6, 6.07) is 0. The van der Waals surface area contributed by atoms with E-state index >= 15 is 0 Å². The predicted octanol–water partition coefficient (Wildman–Crippen LogP) is 2.15. The minimum Gasteiger partial charge on any atom is -0.385 e. The Balaban J connectivity index is 3.43. The average molecular weight is 172 g/mol. The second-order valence-corrected chi connectivity index (χ2v) is 3.66. The highest BCUT2D eigenvalue weighted by Crippen LogP contribution is 2.09. The summed E-state index contributed by atoms with van der Waals surface area (Å²) >= 11 is 0. The third-order valence-corrected chi connectivity index (χ3v) is 1.98. The molecular formula is C10H20O2. The Bertz CT molecular complexity index is 130. The van der Waals surface area contributed by atoms with E-state index in [0.717, 1.165) is 12.8 Å². The van der Waals surface area contributed by atoms with Gasteiger partial charge in [0.15, 0.2) is 5.78 Å². The molecule has 0 aliphatic carbocycles. The molecule has 0 bridgehead atoms. The third-order valence-electron chi connectivity index (χ3n) is 1.98. The van der Waals surface area contributed by atoms with Crippen LogP contribution in [0.2, 0.25) is 0 Å². The van der Waals surface area contributed by atoms with Gasteiger partial charge in [-0.05, 0) is 12.3 Å². The van der Waals surface area contributed by atoms with Crippen molar-refractivity contribution in [2.75, 3.05) is 0 Å². The van der Waals surface area contributed by atoms with E-state index in [4.69, 9.17) is 0 Å². The largest absolute Gasteiger partial charge is 0.385 e. The maximum absolute atomic E-state index is 10.9. The standard InChI is InChI=1S/C10H20O2/c1-4-9(11)10(12)7-5-6-8(2)3/h8,10,12H,4-7H2,1-3H3/t10-/m0/s1. The van der Waals surface area contributed by atoms with Crippen molar-refractivity contribution >= 4 is 5.78 Å². The number of carbonyl (C=O) groups is 1. The van der Waals surface area contributed by atoms with Crippen molar-refractivity contribution in [3.05, 3.63) is 0 Å². The molecule has 0 aliphatic rings. The highest BCUT2D eigenvalue weighted by molar-refractivity contribution is 5.82. The summed E-state index contributed by atoms with van der Waals surface area (Å²) in [6.45, 7) is 6.08. The summed E-state index contributed by atoms with van der Waals surface area (Å²) in [5.41, 5.74) is 0. The number of ketones is 1. The number of aliphatic hydroxyl groups excluding tert-OH is 1. The van der Waals surface area contributed by atoms with Gasteiger partial charge in [-0.25, -0.2) is 0 Å². The third kappa shape index (κ3) is 5.30. The molecule has 1 N–H and O–H groups in total. The van der Waals surface area contributed by atoms with Crippen molar-refractivity contribution < 1.29 is 9.90 Å². The van der Waals surface area contributed by atoms with E-state index in [1.165, 1.54) is 0 Å². The van der Waals surface area contributed by atoms with Crippen molar-refractivity contribution in [1.82, 2.24) is 0 Å². The van der Waals surface area contributed by atoms with Crippen LogP contribution >= 0.6 is 0 Å². The first-order valence-electron chi connectivity index (χ1n) is 4.78.